The predicted octanol–water partition coefficient (Wildman–Crippen LogP) is 4.15. The number of esters is 1. The van der Waals surface area contributed by atoms with Gasteiger partial charge in [-0.25, -0.2) is 4.79 Å². The van der Waals surface area contributed by atoms with E-state index in [1.807, 2.05) is 0 Å². The summed E-state index contributed by atoms with van der Waals surface area (Å²) in [6, 6.07) is 10.3. The second kappa shape index (κ2) is 7.35. The molecule has 0 heterocycles. The van der Waals surface area contributed by atoms with Crippen LogP contribution >= 0.6 is 11.6 Å². The second-order valence-corrected chi connectivity index (χ2v) is 5.11. The van der Waals surface area contributed by atoms with Crippen LogP contribution in [0.4, 0.5) is 18.9 Å². The smallest absolute Gasteiger partial charge is 0.418 e. The van der Waals surface area contributed by atoms with Gasteiger partial charge in [0, 0.05) is 5.02 Å². The number of ether oxygens (including phenoxy) is 1. The molecule has 0 radical (unpaired) electrons. The number of rotatable bonds is 4. The zero-order valence-electron chi connectivity index (χ0n) is 12.1. The van der Waals surface area contributed by atoms with Crippen LogP contribution in [0.15, 0.2) is 48.5 Å². The number of carbonyl (C=O) groups is 2. The molecule has 0 atom stereocenters. The highest BCUT2D eigenvalue weighted by molar-refractivity contribution is 6.30. The molecule has 0 saturated carbocycles. The van der Waals surface area contributed by atoms with Crippen molar-refractivity contribution in [2.24, 2.45) is 0 Å². The fraction of sp³-hybridized carbons (Fsp3) is 0.125. The van der Waals surface area contributed by atoms with Crippen LogP contribution in [-0.4, -0.2) is 18.5 Å². The first kappa shape index (κ1) is 17.8. The van der Waals surface area contributed by atoms with Gasteiger partial charge >= 0.3 is 12.1 Å². The van der Waals surface area contributed by atoms with Gasteiger partial charge in [-0.15, -0.1) is 0 Å². The molecule has 0 aliphatic rings. The Morgan fingerprint density at radius 3 is 2.29 bits per heavy atom. The van der Waals surface area contributed by atoms with Crippen LogP contribution in [-0.2, 0) is 15.7 Å². The summed E-state index contributed by atoms with van der Waals surface area (Å²) in [6.07, 6.45) is -4.61. The first-order valence-electron chi connectivity index (χ1n) is 6.66. The third-order valence-corrected chi connectivity index (χ3v) is 3.17. The number of carbonyl (C=O) groups excluding carboxylic acids is 2. The van der Waals surface area contributed by atoms with Crippen LogP contribution < -0.4 is 5.32 Å². The van der Waals surface area contributed by atoms with Crippen LogP contribution in [0.2, 0.25) is 5.02 Å². The molecule has 0 saturated heterocycles. The van der Waals surface area contributed by atoms with E-state index in [0.717, 1.165) is 12.1 Å². The highest BCUT2D eigenvalue weighted by Crippen LogP contribution is 2.34. The van der Waals surface area contributed by atoms with Crippen molar-refractivity contribution in [3.05, 3.63) is 64.7 Å². The Balaban J connectivity index is 1.97. The van der Waals surface area contributed by atoms with Crippen molar-refractivity contribution >= 4 is 29.2 Å². The minimum Gasteiger partial charge on any atom is -0.452 e. The van der Waals surface area contributed by atoms with E-state index in [0.29, 0.717) is 5.02 Å². The minimum atomic E-state index is -4.61. The maximum atomic E-state index is 12.8. The van der Waals surface area contributed by atoms with Gasteiger partial charge in [-0.05, 0) is 36.4 Å². The van der Waals surface area contributed by atoms with Crippen LogP contribution in [0.5, 0.6) is 0 Å². The Kier molecular flexibility index (Phi) is 5.46. The summed E-state index contributed by atoms with van der Waals surface area (Å²) in [5.74, 6) is -1.67. The van der Waals surface area contributed by atoms with Gasteiger partial charge in [0.05, 0.1) is 16.8 Å². The Morgan fingerprint density at radius 2 is 1.67 bits per heavy atom. The van der Waals surface area contributed by atoms with Gasteiger partial charge in [0.2, 0.25) is 0 Å². The number of benzene rings is 2. The summed E-state index contributed by atoms with van der Waals surface area (Å²) in [5.41, 5.74) is -1.22. The number of amides is 1. The number of hydrogen-bond donors (Lipinski definition) is 1. The van der Waals surface area contributed by atoms with Gasteiger partial charge < -0.3 is 10.1 Å². The molecule has 24 heavy (non-hydrogen) atoms. The van der Waals surface area contributed by atoms with Crippen LogP contribution in [0.1, 0.15) is 15.9 Å². The molecule has 1 amide bonds. The van der Waals surface area contributed by atoms with Crippen molar-refractivity contribution in [2.45, 2.75) is 6.18 Å². The molecule has 2 aromatic rings. The summed E-state index contributed by atoms with van der Waals surface area (Å²) in [5, 5.41) is 2.50. The molecule has 2 aromatic carbocycles. The van der Waals surface area contributed by atoms with E-state index in [4.69, 9.17) is 16.3 Å². The van der Waals surface area contributed by atoms with E-state index in [2.05, 4.69) is 5.32 Å². The Labute approximate surface area is 140 Å². The Morgan fingerprint density at radius 1 is 1.04 bits per heavy atom. The van der Waals surface area contributed by atoms with Gasteiger partial charge in [-0.3, -0.25) is 4.79 Å². The Bertz CT molecular complexity index is 745. The molecule has 8 heteroatoms. The van der Waals surface area contributed by atoms with Crippen molar-refractivity contribution in [2.75, 3.05) is 11.9 Å². The fourth-order valence-corrected chi connectivity index (χ4v) is 1.95. The second-order valence-electron chi connectivity index (χ2n) is 4.67. The van der Waals surface area contributed by atoms with Gasteiger partial charge in [0.1, 0.15) is 0 Å². The third kappa shape index (κ3) is 4.73. The highest BCUT2D eigenvalue weighted by Gasteiger charge is 2.33. The molecule has 0 fully saturated rings. The van der Waals surface area contributed by atoms with Gasteiger partial charge in [0.25, 0.3) is 5.91 Å². The highest BCUT2D eigenvalue weighted by atomic mass is 35.5. The SMILES string of the molecule is O=C(COC(=O)c1ccc(Cl)cc1)Nc1ccccc1C(F)(F)F. The molecule has 0 spiro atoms. The number of anilines is 1. The first-order chi connectivity index (χ1) is 11.3. The number of hydrogen-bond acceptors (Lipinski definition) is 3. The minimum absolute atomic E-state index is 0.169. The van der Waals surface area contributed by atoms with Crippen molar-refractivity contribution in [1.82, 2.24) is 0 Å². The normalized spacial score (nSPS) is 11.0. The summed E-state index contributed by atoms with van der Waals surface area (Å²) in [6.45, 7) is -0.715. The lowest BCUT2D eigenvalue weighted by atomic mass is 10.1. The van der Waals surface area contributed by atoms with E-state index in [1.54, 1.807) is 0 Å². The molecule has 126 valence electrons. The zero-order valence-corrected chi connectivity index (χ0v) is 12.8. The van der Waals surface area contributed by atoms with E-state index >= 15 is 0 Å². The maximum Gasteiger partial charge on any atom is 0.418 e. The molecule has 2 rings (SSSR count). The number of para-hydroxylation sites is 1. The molecule has 0 bridgehead atoms. The lowest BCUT2D eigenvalue weighted by Gasteiger charge is -2.13. The van der Waals surface area contributed by atoms with Gasteiger partial charge in [-0.2, -0.15) is 13.2 Å². The predicted molar refractivity (Wildman–Crippen MR) is 81.8 cm³/mol. The van der Waals surface area contributed by atoms with Crippen molar-refractivity contribution < 1.29 is 27.5 Å². The van der Waals surface area contributed by atoms with E-state index in [9.17, 15) is 22.8 Å². The standard InChI is InChI=1S/C16H11ClF3NO3/c17-11-7-5-10(6-8-11)15(23)24-9-14(22)21-13-4-2-1-3-12(13)16(18,19)20/h1-8H,9H2,(H,21,22). The summed E-state index contributed by atoms with van der Waals surface area (Å²) in [4.78, 5) is 23.4. The first-order valence-corrected chi connectivity index (χ1v) is 7.04. The summed E-state index contributed by atoms with van der Waals surface area (Å²) in [7, 11) is 0. The molecule has 0 aliphatic heterocycles. The molecule has 1 N–H and O–H groups in total. The van der Waals surface area contributed by atoms with E-state index in [-0.39, 0.29) is 5.56 Å². The molecular formula is C16H11ClF3NO3. The Hall–Kier alpha value is -2.54. The van der Waals surface area contributed by atoms with Crippen molar-refractivity contribution in [3.8, 4) is 0 Å². The number of nitrogens with one attached hydrogen (secondary N) is 1. The largest absolute Gasteiger partial charge is 0.452 e. The number of alkyl halides is 3. The van der Waals surface area contributed by atoms with Crippen LogP contribution in [0.25, 0.3) is 0 Å². The molecule has 0 aromatic heterocycles. The number of halogens is 4. The quantitative estimate of drug-likeness (QED) is 0.836. The van der Waals surface area contributed by atoms with Crippen molar-refractivity contribution in [1.29, 1.82) is 0 Å². The van der Waals surface area contributed by atoms with E-state index in [1.165, 1.54) is 36.4 Å². The molecule has 0 unspecified atom stereocenters. The topological polar surface area (TPSA) is 55.4 Å². The van der Waals surface area contributed by atoms with E-state index < -0.39 is 35.9 Å². The maximum absolute atomic E-state index is 12.8. The average molecular weight is 358 g/mol. The van der Waals surface area contributed by atoms with Crippen LogP contribution in [0.3, 0.4) is 0 Å². The third-order valence-electron chi connectivity index (χ3n) is 2.92. The summed E-state index contributed by atoms with van der Waals surface area (Å²) >= 11 is 5.68. The zero-order chi connectivity index (χ0) is 17.7. The summed E-state index contributed by atoms with van der Waals surface area (Å²) < 4.78 is 43.2. The molecule has 0 aliphatic carbocycles. The van der Waals surface area contributed by atoms with Crippen LogP contribution in [0, 0.1) is 0 Å². The lowest BCUT2D eigenvalue weighted by molar-refractivity contribution is -0.137. The van der Waals surface area contributed by atoms with Gasteiger partial charge in [0.15, 0.2) is 6.61 Å². The lowest BCUT2D eigenvalue weighted by Crippen LogP contribution is -2.22. The molecular weight excluding hydrogens is 347 g/mol. The van der Waals surface area contributed by atoms with Gasteiger partial charge in [-0.1, -0.05) is 23.7 Å². The average Bonchev–Trinajstić information content (AvgIpc) is 2.53. The van der Waals surface area contributed by atoms with Crippen molar-refractivity contribution in [3.63, 3.8) is 0 Å². The fourth-order valence-electron chi connectivity index (χ4n) is 1.83. The monoisotopic (exact) mass is 357 g/mol. The molecule has 4 nitrogen and oxygen atoms in total.